The van der Waals surface area contributed by atoms with Crippen LogP contribution >= 0.6 is 11.6 Å². The molecule has 0 aliphatic carbocycles. The number of hydrogen-bond acceptors (Lipinski definition) is 3. The van der Waals surface area contributed by atoms with Gasteiger partial charge in [0, 0.05) is 24.0 Å². The number of aromatic nitrogens is 2. The minimum Gasteiger partial charge on any atom is -0.481 e. The van der Waals surface area contributed by atoms with Gasteiger partial charge in [-0.05, 0) is 43.2 Å². The first-order chi connectivity index (χ1) is 13.1. The summed E-state index contributed by atoms with van der Waals surface area (Å²) < 4.78 is 7.81. The molecular weight excluding hydrogens is 362 g/mol. The van der Waals surface area contributed by atoms with Crippen molar-refractivity contribution < 1.29 is 9.53 Å². The smallest absolute Gasteiger partial charge is 0.261 e. The van der Waals surface area contributed by atoms with Crippen LogP contribution in [0.2, 0.25) is 5.02 Å². The lowest BCUT2D eigenvalue weighted by Gasteiger charge is -2.18. The van der Waals surface area contributed by atoms with Crippen molar-refractivity contribution in [2.24, 2.45) is 0 Å². The topological polar surface area (TPSA) is 56.1 Å². The van der Waals surface area contributed by atoms with Crippen molar-refractivity contribution in [3.63, 3.8) is 0 Å². The van der Waals surface area contributed by atoms with Crippen molar-refractivity contribution in [1.82, 2.24) is 14.9 Å². The van der Waals surface area contributed by atoms with Crippen LogP contribution in [0.1, 0.15) is 24.7 Å². The first kappa shape index (κ1) is 19.0. The first-order valence-corrected chi connectivity index (χ1v) is 9.24. The predicted octanol–water partition coefficient (Wildman–Crippen LogP) is 4.31. The monoisotopic (exact) mass is 383 g/mol. The molecule has 1 unspecified atom stereocenters. The maximum absolute atomic E-state index is 12.6. The zero-order chi connectivity index (χ0) is 19.2. The quantitative estimate of drug-likeness (QED) is 0.661. The number of carbonyl (C=O) groups excluding carboxylic acids is 1. The van der Waals surface area contributed by atoms with E-state index in [1.807, 2.05) is 48.9 Å². The number of hydrogen-bond donors (Lipinski definition) is 1. The Morgan fingerprint density at radius 2 is 2.07 bits per heavy atom. The summed E-state index contributed by atoms with van der Waals surface area (Å²) in [5, 5.41) is 3.55. The van der Waals surface area contributed by atoms with Gasteiger partial charge in [-0.25, -0.2) is 4.98 Å². The van der Waals surface area contributed by atoms with E-state index in [-0.39, 0.29) is 5.91 Å². The molecule has 1 amide bonds. The highest BCUT2D eigenvalue weighted by Crippen LogP contribution is 2.20. The van der Waals surface area contributed by atoms with E-state index >= 15 is 0 Å². The van der Waals surface area contributed by atoms with Gasteiger partial charge in [-0.2, -0.15) is 0 Å². The summed E-state index contributed by atoms with van der Waals surface area (Å²) in [6.45, 7) is 4.26. The highest BCUT2D eigenvalue weighted by atomic mass is 35.5. The van der Waals surface area contributed by atoms with E-state index in [0.717, 1.165) is 17.1 Å². The van der Waals surface area contributed by atoms with E-state index in [0.29, 0.717) is 23.7 Å². The van der Waals surface area contributed by atoms with Crippen LogP contribution < -0.4 is 10.1 Å². The lowest BCUT2D eigenvalue weighted by atomic mass is 10.1. The standard InChI is InChI=1S/C21H22ClN3O2/c1-3-20(27-18-9-6-8-17(22)13-18)21(26)24-14-16-7-4-5-10-19(16)25-12-11-23-15(25)2/h4-13,20H,3,14H2,1-2H3,(H,24,26). The fraction of sp³-hybridized carbons (Fsp3) is 0.238. The van der Waals surface area contributed by atoms with Crippen LogP contribution in [0, 0.1) is 6.92 Å². The Balaban J connectivity index is 1.69. The molecule has 6 heteroatoms. The zero-order valence-electron chi connectivity index (χ0n) is 15.4. The number of halogens is 1. The van der Waals surface area contributed by atoms with E-state index in [1.54, 1.807) is 30.5 Å². The number of amides is 1. The molecule has 0 radical (unpaired) electrons. The van der Waals surface area contributed by atoms with Gasteiger partial charge in [0.1, 0.15) is 11.6 Å². The van der Waals surface area contributed by atoms with Gasteiger partial charge in [-0.15, -0.1) is 0 Å². The molecule has 0 spiro atoms. The second kappa shape index (κ2) is 8.73. The van der Waals surface area contributed by atoms with Crippen LogP contribution in [0.25, 0.3) is 5.69 Å². The summed E-state index contributed by atoms with van der Waals surface area (Å²) in [5.41, 5.74) is 2.00. The number of ether oxygens (including phenoxy) is 1. The molecule has 27 heavy (non-hydrogen) atoms. The number of carbonyl (C=O) groups is 1. The zero-order valence-corrected chi connectivity index (χ0v) is 16.1. The molecule has 3 aromatic rings. The van der Waals surface area contributed by atoms with E-state index in [4.69, 9.17) is 16.3 Å². The third kappa shape index (κ3) is 4.68. The molecule has 0 aliphatic heterocycles. The third-order valence-electron chi connectivity index (χ3n) is 4.27. The second-order valence-electron chi connectivity index (χ2n) is 6.16. The second-order valence-corrected chi connectivity index (χ2v) is 6.60. The molecule has 5 nitrogen and oxygen atoms in total. The van der Waals surface area contributed by atoms with Gasteiger partial charge in [0.25, 0.3) is 5.91 Å². The Kier molecular flexibility index (Phi) is 6.14. The largest absolute Gasteiger partial charge is 0.481 e. The van der Waals surface area contributed by atoms with E-state index in [1.165, 1.54) is 0 Å². The Morgan fingerprint density at radius 3 is 2.78 bits per heavy atom. The Hall–Kier alpha value is -2.79. The molecular formula is C21H22ClN3O2. The Labute approximate surface area is 164 Å². The normalized spacial score (nSPS) is 11.8. The van der Waals surface area contributed by atoms with Gasteiger partial charge < -0.3 is 14.6 Å². The van der Waals surface area contributed by atoms with E-state index in [9.17, 15) is 4.79 Å². The number of para-hydroxylation sites is 1. The summed E-state index contributed by atoms with van der Waals surface area (Å²) in [6.07, 6.45) is 3.65. The summed E-state index contributed by atoms with van der Waals surface area (Å²) in [5.74, 6) is 1.32. The molecule has 0 aliphatic rings. The summed E-state index contributed by atoms with van der Waals surface area (Å²) in [7, 11) is 0. The number of rotatable bonds is 7. The van der Waals surface area contributed by atoms with Gasteiger partial charge >= 0.3 is 0 Å². The van der Waals surface area contributed by atoms with Crippen LogP contribution in [0.4, 0.5) is 0 Å². The highest BCUT2D eigenvalue weighted by Gasteiger charge is 2.19. The molecule has 0 saturated carbocycles. The van der Waals surface area contributed by atoms with Crippen molar-refractivity contribution in [3.8, 4) is 11.4 Å². The predicted molar refractivity (Wildman–Crippen MR) is 106 cm³/mol. The SMILES string of the molecule is CCC(Oc1cccc(Cl)c1)C(=O)NCc1ccccc1-n1ccnc1C. The van der Waals surface area contributed by atoms with Gasteiger partial charge in [0.15, 0.2) is 6.10 Å². The molecule has 0 saturated heterocycles. The summed E-state index contributed by atoms with van der Waals surface area (Å²) in [6, 6.07) is 15.0. The van der Waals surface area contributed by atoms with Gasteiger partial charge in [-0.1, -0.05) is 42.8 Å². The number of nitrogens with one attached hydrogen (secondary N) is 1. The van der Waals surface area contributed by atoms with Crippen molar-refractivity contribution in [2.75, 3.05) is 0 Å². The van der Waals surface area contributed by atoms with Gasteiger partial charge in [0.05, 0.1) is 5.69 Å². The van der Waals surface area contributed by atoms with E-state index in [2.05, 4.69) is 10.3 Å². The minimum atomic E-state index is -0.578. The highest BCUT2D eigenvalue weighted by molar-refractivity contribution is 6.30. The molecule has 140 valence electrons. The lowest BCUT2D eigenvalue weighted by molar-refractivity contribution is -0.128. The molecule has 0 fully saturated rings. The van der Waals surface area contributed by atoms with Crippen molar-refractivity contribution >= 4 is 17.5 Å². The molecule has 0 bridgehead atoms. The van der Waals surface area contributed by atoms with Crippen LogP contribution in [0.3, 0.4) is 0 Å². The Bertz CT molecular complexity index is 923. The molecule has 3 rings (SSSR count). The molecule has 1 heterocycles. The van der Waals surface area contributed by atoms with Crippen molar-refractivity contribution in [1.29, 1.82) is 0 Å². The molecule has 1 aromatic heterocycles. The van der Waals surface area contributed by atoms with Crippen LogP contribution in [-0.4, -0.2) is 21.6 Å². The summed E-state index contributed by atoms with van der Waals surface area (Å²) in [4.78, 5) is 16.9. The van der Waals surface area contributed by atoms with Crippen molar-refractivity contribution in [2.45, 2.75) is 32.9 Å². The molecule has 2 aromatic carbocycles. The van der Waals surface area contributed by atoms with Crippen LogP contribution in [0.5, 0.6) is 5.75 Å². The number of benzene rings is 2. The minimum absolute atomic E-state index is 0.158. The number of imidazole rings is 1. The maximum atomic E-state index is 12.6. The Morgan fingerprint density at radius 1 is 1.26 bits per heavy atom. The average Bonchev–Trinajstić information content (AvgIpc) is 3.10. The van der Waals surface area contributed by atoms with Crippen molar-refractivity contribution in [3.05, 3.63) is 77.3 Å². The molecule has 1 atom stereocenters. The third-order valence-corrected chi connectivity index (χ3v) is 4.50. The van der Waals surface area contributed by atoms with Gasteiger partial charge in [-0.3, -0.25) is 4.79 Å². The average molecular weight is 384 g/mol. The first-order valence-electron chi connectivity index (χ1n) is 8.86. The van der Waals surface area contributed by atoms with Gasteiger partial charge in [0.2, 0.25) is 0 Å². The fourth-order valence-corrected chi connectivity index (χ4v) is 3.03. The number of aryl methyl sites for hydroxylation is 1. The van der Waals surface area contributed by atoms with Crippen LogP contribution in [0.15, 0.2) is 60.9 Å². The van der Waals surface area contributed by atoms with E-state index < -0.39 is 6.10 Å². The summed E-state index contributed by atoms with van der Waals surface area (Å²) >= 11 is 5.98. The fourth-order valence-electron chi connectivity index (χ4n) is 2.85. The number of nitrogens with zero attached hydrogens (tertiary/aromatic N) is 2. The van der Waals surface area contributed by atoms with Crippen LogP contribution in [-0.2, 0) is 11.3 Å². The maximum Gasteiger partial charge on any atom is 0.261 e. The molecule has 1 N–H and O–H groups in total. The lowest BCUT2D eigenvalue weighted by Crippen LogP contribution is -2.37.